The smallest absolute Gasteiger partial charge is 0.264 e. The molecule has 2 aromatic rings. The number of hydrogen-bond acceptors (Lipinski definition) is 6. The lowest BCUT2D eigenvalue weighted by molar-refractivity contribution is 0.569. The first-order chi connectivity index (χ1) is 16.3. The summed E-state index contributed by atoms with van der Waals surface area (Å²) in [7, 11) is -2.75. The summed E-state index contributed by atoms with van der Waals surface area (Å²) in [4.78, 5) is 12.1. The van der Waals surface area contributed by atoms with E-state index in [0.29, 0.717) is 47.0 Å². The Kier molecular flexibility index (Phi) is 5.28. The van der Waals surface area contributed by atoms with Crippen LogP contribution < -0.4 is 15.7 Å². The number of nitrogens with one attached hydrogen (secondary N) is 2. The summed E-state index contributed by atoms with van der Waals surface area (Å²) in [5.41, 5.74) is 2.11. The van der Waals surface area contributed by atoms with Gasteiger partial charge in [0.1, 0.15) is 22.4 Å². The van der Waals surface area contributed by atoms with Crippen LogP contribution in [-0.4, -0.2) is 36.5 Å². The molecule has 0 aliphatic carbocycles. The summed E-state index contributed by atoms with van der Waals surface area (Å²) in [6.07, 6.45) is 1.62. The molecule has 8 nitrogen and oxygen atoms in total. The quantitative estimate of drug-likeness (QED) is 0.464. The van der Waals surface area contributed by atoms with Crippen molar-refractivity contribution in [2.75, 3.05) is 23.6 Å². The van der Waals surface area contributed by atoms with E-state index in [4.69, 9.17) is 0 Å². The normalized spacial score (nSPS) is 13.7. The van der Waals surface area contributed by atoms with Gasteiger partial charge in [0.05, 0.1) is 5.69 Å². The van der Waals surface area contributed by atoms with Crippen molar-refractivity contribution in [3.05, 3.63) is 71.5 Å². The molecule has 174 valence electrons. The van der Waals surface area contributed by atoms with Crippen molar-refractivity contribution < 1.29 is 17.2 Å². The summed E-state index contributed by atoms with van der Waals surface area (Å²) in [5.74, 6) is -0.371. The number of sulfonamides is 1. The van der Waals surface area contributed by atoms with Crippen LogP contribution in [0.1, 0.15) is 5.56 Å². The molecule has 0 spiro atoms. The fourth-order valence-corrected chi connectivity index (χ4v) is 5.24. The summed E-state index contributed by atoms with van der Waals surface area (Å²) in [6.45, 7) is 2.97. The summed E-state index contributed by atoms with van der Waals surface area (Å²) in [5, 5.41) is 3.27. The molecule has 2 N–H and O–H groups in total. The van der Waals surface area contributed by atoms with Gasteiger partial charge in [-0.1, -0.05) is 18.2 Å². The number of nitrogens with zero attached hydrogens (tertiary/aromatic N) is 4. The number of hydrogen-bond donors (Lipinski definition) is 2. The second kappa shape index (κ2) is 8.17. The number of aromatic nitrogens is 3. The molecule has 0 atom stereocenters. The molecule has 5 rings (SSSR count). The van der Waals surface area contributed by atoms with Crippen molar-refractivity contribution in [3.63, 3.8) is 0 Å². The highest BCUT2D eigenvalue weighted by Gasteiger charge is 2.27. The predicted molar refractivity (Wildman–Crippen MR) is 124 cm³/mol. The van der Waals surface area contributed by atoms with E-state index in [9.17, 15) is 12.8 Å². The van der Waals surface area contributed by atoms with Gasteiger partial charge in [-0.25, -0.2) is 22.2 Å². The number of aryl methyl sites for hydroxylation is 1. The Morgan fingerprint density at radius 3 is 2.74 bits per heavy atom. The SMILES string of the molecule is CN=c1ncc2cc(-c3c(C)ccc(NS(=O)(=O)c4ccccc4F)c3F)c3n(c-2n1)CCN3. The van der Waals surface area contributed by atoms with E-state index in [1.807, 2.05) is 4.57 Å². The Hall–Kier alpha value is -3.86. The lowest BCUT2D eigenvalue weighted by atomic mass is 9.97. The third kappa shape index (κ3) is 3.58. The molecule has 0 saturated heterocycles. The fraction of sp³-hybridized carbons (Fsp3) is 0.174. The van der Waals surface area contributed by atoms with Gasteiger partial charge in [0.2, 0.25) is 5.62 Å². The fourth-order valence-electron chi connectivity index (χ4n) is 4.10. The topological polar surface area (TPSA) is 101 Å². The molecule has 34 heavy (non-hydrogen) atoms. The summed E-state index contributed by atoms with van der Waals surface area (Å²) >= 11 is 0. The molecular weight excluding hydrogens is 462 g/mol. The van der Waals surface area contributed by atoms with E-state index in [0.717, 1.165) is 12.1 Å². The van der Waals surface area contributed by atoms with Gasteiger partial charge in [-0.15, -0.1) is 0 Å². The average Bonchev–Trinajstić information content (AvgIpc) is 3.31. The van der Waals surface area contributed by atoms with Crippen molar-refractivity contribution in [2.24, 2.45) is 4.99 Å². The van der Waals surface area contributed by atoms with Crippen LogP contribution in [0.15, 0.2) is 58.5 Å². The van der Waals surface area contributed by atoms with Crippen molar-refractivity contribution in [3.8, 4) is 22.5 Å². The van der Waals surface area contributed by atoms with Gasteiger partial charge in [-0.2, -0.15) is 4.98 Å². The van der Waals surface area contributed by atoms with Crippen LogP contribution in [0.4, 0.5) is 20.3 Å². The molecule has 0 fully saturated rings. The van der Waals surface area contributed by atoms with E-state index in [-0.39, 0.29) is 11.3 Å². The maximum Gasteiger partial charge on any atom is 0.264 e. The van der Waals surface area contributed by atoms with E-state index >= 15 is 4.39 Å². The zero-order valence-corrected chi connectivity index (χ0v) is 19.1. The highest BCUT2D eigenvalue weighted by molar-refractivity contribution is 7.92. The third-order valence-corrected chi connectivity index (χ3v) is 7.08. The minimum Gasteiger partial charge on any atom is -0.369 e. The minimum atomic E-state index is -4.35. The van der Waals surface area contributed by atoms with Gasteiger partial charge in [-0.3, -0.25) is 9.71 Å². The van der Waals surface area contributed by atoms with Gasteiger partial charge >= 0.3 is 0 Å². The molecule has 0 aromatic heterocycles. The first-order valence-electron chi connectivity index (χ1n) is 10.4. The number of pyridine rings is 1. The largest absolute Gasteiger partial charge is 0.369 e. The first kappa shape index (κ1) is 22.0. The van der Waals surface area contributed by atoms with Crippen molar-refractivity contribution in [2.45, 2.75) is 18.4 Å². The van der Waals surface area contributed by atoms with Crippen LogP contribution in [0.2, 0.25) is 0 Å². The molecule has 0 amide bonds. The zero-order chi connectivity index (χ0) is 24.0. The molecule has 2 aromatic carbocycles. The Balaban J connectivity index is 1.68. The maximum atomic E-state index is 15.8. The van der Waals surface area contributed by atoms with E-state index in [1.54, 1.807) is 32.3 Å². The van der Waals surface area contributed by atoms with Gasteiger partial charge in [-0.05, 0) is 36.8 Å². The average molecular weight is 483 g/mol. The number of halogens is 2. The highest BCUT2D eigenvalue weighted by atomic mass is 32.2. The first-order valence-corrected chi connectivity index (χ1v) is 11.9. The van der Waals surface area contributed by atoms with E-state index < -0.39 is 26.6 Å². The van der Waals surface area contributed by atoms with E-state index in [1.165, 1.54) is 18.2 Å². The van der Waals surface area contributed by atoms with Crippen LogP contribution in [0.5, 0.6) is 0 Å². The zero-order valence-electron chi connectivity index (χ0n) is 18.3. The van der Waals surface area contributed by atoms with Gasteiger partial charge < -0.3 is 9.88 Å². The van der Waals surface area contributed by atoms with Crippen molar-refractivity contribution in [1.82, 2.24) is 14.5 Å². The number of anilines is 2. The highest BCUT2D eigenvalue weighted by Crippen LogP contribution is 2.41. The maximum absolute atomic E-state index is 15.8. The summed E-state index contributed by atoms with van der Waals surface area (Å²) < 4.78 is 59.6. The Bertz CT molecular complexity index is 1580. The second-order valence-electron chi connectivity index (χ2n) is 7.81. The third-order valence-electron chi connectivity index (χ3n) is 5.68. The molecule has 3 aliphatic heterocycles. The van der Waals surface area contributed by atoms with Crippen LogP contribution in [0.3, 0.4) is 0 Å². The molecule has 3 aliphatic rings. The molecule has 0 saturated carbocycles. The minimum absolute atomic E-state index is 0.220. The van der Waals surface area contributed by atoms with Gasteiger partial charge in [0.25, 0.3) is 10.0 Å². The molecular formula is C23H20F2N6O2S. The lowest BCUT2D eigenvalue weighted by Crippen LogP contribution is -2.18. The summed E-state index contributed by atoms with van der Waals surface area (Å²) in [6, 6.07) is 9.64. The lowest BCUT2D eigenvalue weighted by Gasteiger charge is -2.20. The molecule has 0 bridgehead atoms. The van der Waals surface area contributed by atoms with Gasteiger partial charge in [0, 0.05) is 43.0 Å². The van der Waals surface area contributed by atoms with Crippen LogP contribution >= 0.6 is 0 Å². The van der Waals surface area contributed by atoms with E-state index in [2.05, 4.69) is 25.0 Å². The van der Waals surface area contributed by atoms with Crippen molar-refractivity contribution in [1.29, 1.82) is 0 Å². The molecule has 0 unspecified atom stereocenters. The Morgan fingerprint density at radius 1 is 1.18 bits per heavy atom. The number of fused-ring (bicyclic) bond motifs is 3. The second-order valence-corrected chi connectivity index (χ2v) is 9.46. The van der Waals surface area contributed by atoms with Crippen LogP contribution in [-0.2, 0) is 16.6 Å². The van der Waals surface area contributed by atoms with Crippen LogP contribution in [0, 0.1) is 18.6 Å². The van der Waals surface area contributed by atoms with Gasteiger partial charge in [0.15, 0.2) is 5.82 Å². The van der Waals surface area contributed by atoms with Crippen molar-refractivity contribution >= 4 is 21.5 Å². The van der Waals surface area contributed by atoms with Crippen LogP contribution in [0.25, 0.3) is 22.5 Å². The standard InChI is InChI=1S/C23H20F2N6O2S/c1-13-7-8-17(30-34(32,33)18-6-4-3-5-16(18)24)20(25)19(13)15-11-14-12-28-23(26-2)29-21(14)31-10-9-27-22(15)31/h3-8,11-12,27,30H,9-10H2,1-2H3. The predicted octanol–water partition coefficient (Wildman–Crippen LogP) is 3.39. The monoisotopic (exact) mass is 482 g/mol. The molecule has 11 heteroatoms. The number of benzene rings is 2. The Labute approximate surface area is 194 Å². The number of rotatable bonds is 4. The molecule has 3 heterocycles. The Morgan fingerprint density at radius 2 is 1.97 bits per heavy atom. The molecule has 0 radical (unpaired) electrons.